The molecule has 0 bridgehead atoms. The number of carbonyl (C=O) groups is 1. The fourth-order valence-corrected chi connectivity index (χ4v) is 6.58. The van der Waals surface area contributed by atoms with Gasteiger partial charge in [-0.1, -0.05) is 51.1 Å². The Balaban J connectivity index is 1.50. The number of aromatic hydroxyl groups is 1. The summed E-state index contributed by atoms with van der Waals surface area (Å²) in [6, 6.07) is 13.2. The van der Waals surface area contributed by atoms with Gasteiger partial charge in [0.15, 0.2) is 8.32 Å². The van der Waals surface area contributed by atoms with Crippen LogP contribution in [0.3, 0.4) is 0 Å². The van der Waals surface area contributed by atoms with Crippen molar-refractivity contribution in [2.45, 2.75) is 83.2 Å². The molecule has 1 aliphatic rings. The van der Waals surface area contributed by atoms with Gasteiger partial charge in [-0.15, -0.1) is 0 Å². The van der Waals surface area contributed by atoms with Crippen molar-refractivity contribution in [3.05, 3.63) is 66.1 Å². The second-order valence-electron chi connectivity index (χ2n) is 12.0. The number of fused-ring (bicyclic) bond motifs is 1. The second kappa shape index (κ2) is 10.4. The summed E-state index contributed by atoms with van der Waals surface area (Å²) in [6.07, 6.45) is 8.09. The number of likely N-dealkylation sites (N-methyl/N-ethyl adjacent to an activating group) is 1. The molecule has 3 aromatic rings. The summed E-state index contributed by atoms with van der Waals surface area (Å²) in [6.45, 7) is 11.5. The zero-order valence-electron chi connectivity index (χ0n) is 22.6. The standard InChI is InChI=1S/C30H41NO4Si/c1-30(2,3)36(5,6)35-26-14-13-21(15-26)16-28(23-10-8-12-25(32)17-23)31(4)29(33)18-22-9-7-11-24-19-34-20-27(22)24/h7-12,17,19-21,26,28,32H,13-16,18H2,1-6H3/t21?,26-,28-/m0/s1. The molecule has 1 amide bonds. The molecule has 1 aromatic heterocycles. The molecular weight excluding hydrogens is 466 g/mol. The van der Waals surface area contributed by atoms with Crippen LogP contribution in [0.25, 0.3) is 10.8 Å². The van der Waals surface area contributed by atoms with Crippen molar-refractivity contribution in [1.29, 1.82) is 0 Å². The molecule has 5 nitrogen and oxygen atoms in total. The van der Waals surface area contributed by atoms with Gasteiger partial charge in [0, 0.05) is 23.9 Å². The molecule has 0 spiro atoms. The van der Waals surface area contributed by atoms with Gasteiger partial charge < -0.3 is 18.8 Å². The predicted molar refractivity (Wildman–Crippen MR) is 148 cm³/mol. The number of phenols is 1. The van der Waals surface area contributed by atoms with Gasteiger partial charge >= 0.3 is 0 Å². The highest BCUT2D eigenvalue weighted by Crippen LogP contribution is 2.43. The number of hydrogen-bond acceptors (Lipinski definition) is 4. The van der Waals surface area contributed by atoms with E-state index in [1.165, 1.54) is 0 Å². The maximum atomic E-state index is 13.5. The number of hydrogen-bond donors (Lipinski definition) is 1. The van der Waals surface area contributed by atoms with Gasteiger partial charge in [-0.3, -0.25) is 4.79 Å². The van der Waals surface area contributed by atoms with Crippen molar-refractivity contribution >= 4 is 25.0 Å². The number of benzene rings is 2. The molecule has 1 N–H and O–H groups in total. The van der Waals surface area contributed by atoms with E-state index in [0.717, 1.165) is 47.6 Å². The molecular formula is C30H41NO4Si. The Kier molecular flexibility index (Phi) is 7.67. The van der Waals surface area contributed by atoms with Gasteiger partial charge in [-0.05, 0) is 73.0 Å². The smallest absolute Gasteiger partial charge is 0.227 e. The van der Waals surface area contributed by atoms with E-state index in [1.807, 2.05) is 42.3 Å². The SMILES string of the molecule is CN(C(=O)Cc1cccc2cocc12)[C@@H](CC1CC[C@H](O[Si](C)(C)C(C)(C)C)C1)c1cccc(O)c1. The van der Waals surface area contributed by atoms with E-state index < -0.39 is 8.32 Å². The highest BCUT2D eigenvalue weighted by atomic mass is 28.4. The number of furan rings is 1. The van der Waals surface area contributed by atoms with Crippen LogP contribution in [0.1, 0.15) is 63.6 Å². The highest BCUT2D eigenvalue weighted by Gasteiger charge is 2.41. The molecule has 1 saturated carbocycles. The molecule has 0 aliphatic heterocycles. The Morgan fingerprint density at radius 2 is 1.92 bits per heavy atom. The zero-order chi connectivity index (χ0) is 26.1. The van der Waals surface area contributed by atoms with Crippen molar-refractivity contribution in [3.8, 4) is 5.75 Å². The Labute approximate surface area is 216 Å². The predicted octanol–water partition coefficient (Wildman–Crippen LogP) is 7.46. The third kappa shape index (κ3) is 5.87. The Hall–Kier alpha value is -2.57. The van der Waals surface area contributed by atoms with Crippen molar-refractivity contribution in [2.24, 2.45) is 5.92 Å². The first-order valence-corrected chi connectivity index (χ1v) is 16.0. The van der Waals surface area contributed by atoms with Crippen LogP contribution in [-0.2, 0) is 15.6 Å². The lowest BCUT2D eigenvalue weighted by molar-refractivity contribution is -0.131. The lowest BCUT2D eigenvalue weighted by atomic mass is 9.92. The Morgan fingerprint density at radius 1 is 1.17 bits per heavy atom. The van der Waals surface area contributed by atoms with E-state index in [4.69, 9.17) is 8.84 Å². The van der Waals surface area contributed by atoms with Crippen molar-refractivity contribution < 1.29 is 18.7 Å². The molecule has 0 radical (unpaired) electrons. The number of amides is 1. The molecule has 1 heterocycles. The third-order valence-electron chi connectivity index (χ3n) is 8.39. The van der Waals surface area contributed by atoms with Gasteiger partial charge in [0.25, 0.3) is 0 Å². The van der Waals surface area contributed by atoms with Gasteiger partial charge in [0.05, 0.1) is 25.0 Å². The number of rotatable bonds is 8. The van der Waals surface area contributed by atoms with E-state index in [9.17, 15) is 9.90 Å². The molecule has 194 valence electrons. The highest BCUT2D eigenvalue weighted by molar-refractivity contribution is 6.74. The minimum atomic E-state index is -1.82. The van der Waals surface area contributed by atoms with E-state index in [1.54, 1.807) is 24.7 Å². The first-order valence-electron chi connectivity index (χ1n) is 13.1. The van der Waals surface area contributed by atoms with Crippen LogP contribution < -0.4 is 0 Å². The first-order chi connectivity index (χ1) is 16.9. The van der Waals surface area contributed by atoms with Gasteiger partial charge in [0.1, 0.15) is 5.75 Å². The molecule has 3 atom stereocenters. The van der Waals surface area contributed by atoms with Crippen LogP contribution in [0.2, 0.25) is 18.1 Å². The van der Waals surface area contributed by atoms with Crippen molar-refractivity contribution in [1.82, 2.24) is 4.90 Å². The Bertz CT molecular complexity index is 1190. The monoisotopic (exact) mass is 507 g/mol. The molecule has 0 saturated heterocycles. The van der Waals surface area contributed by atoms with E-state index in [0.29, 0.717) is 18.4 Å². The molecule has 1 fully saturated rings. The minimum absolute atomic E-state index is 0.0594. The summed E-state index contributed by atoms with van der Waals surface area (Å²) in [5.74, 6) is 0.760. The number of nitrogens with zero attached hydrogens (tertiary/aromatic N) is 1. The minimum Gasteiger partial charge on any atom is -0.508 e. The summed E-state index contributed by atoms with van der Waals surface area (Å²) in [7, 11) is 0.0781. The Morgan fingerprint density at radius 3 is 2.64 bits per heavy atom. The summed E-state index contributed by atoms with van der Waals surface area (Å²) in [4.78, 5) is 15.4. The van der Waals surface area contributed by atoms with E-state index in [-0.39, 0.29) is 22.7 Å². The van der Waals surface area contributed by atoms with Gasteiger partial charge in [-0.25, -0.2) is 0 Å². The third-order valence-corrected chi connectivity index (χ3v) is 12.9. The zero-order valence-corrected chi connectivity index (χ0v) is 23.6. The average molecular weight is 508 g/mol. The quantitative estimate of drug-likeness (QED) is 0.321. The summed E-state index contributed by atoms with van der Waals surface area (Å²) < 4.78 is 12.1. The molecule has 6 heteroatoms. The van der Waals surface area contributed by atoms with Gasteiger partial charge in [0.2, 0.25) is 5.91 Å². The van der Waals surface area contributed by atoms with Crippen molar-refractivity contribution in [3.63, 3.8) is 0 Å². The van der Waals surface area contributed by atoms with Crippen LogP contribution in [-0.4, -0.2) is 37.4 Å². The summed E-state index contributed by atoms with van der Waals surface area (Å²) >= 11 is 0. The molecule has 36 heavy (non-hydrogen) atoms. The first kappa shape index (κ1) is 26.5. The normalized spacial score (nSPS) is 19.5. The molecule has 2 aromatic carbocycles. The lowest BCUT2D eigenvalue weighted by Gasteiger charge is -2.38. The fraction of sp³-hybridized carbons (Fsp3) is 0.500. The largest absolute Gasteiger partial charge is 0.508 e. The maximum Gasteiger partial charge on any atom is 0.227 e. The average Bonchev–Trinajstić information content (AvgIpc) is 3.46. The topological polar surface area (TPSA) is 62.9 Å². The lowest BCUT2D eigenvalue weighted by Crippen LogP contribution is -2.43. The second-order valence-corrected chi connectivity index (χ2v) is 16.8. The van der Waals surface area contributed by atoms with Crippen molar-refractivity contribution in [2.75, 3.05) is 7.05 Å². The van der Waals surface area contributed by atoms with Crippen LogP contribution in [0.5, 0.6) is 5.75 Å². The van der Waals surface area contributed by atoms with Crippen LogP contribution >= 0.6 is 0 Å². The number of carbonyl (C=O) groups excluding carboxylic acids is 1. The summed E-state index contributed by atoms with van der Waals surface area (Å²) in [5, 5.41) is 12.4. The molecule has 4 rings (SSSR count). The van der Waals surface area contributed by atoms with Gasteiger partial charge in [-0.2, -0.15) is 0 Å². The summed E-state index contributed by atoms with van der Waals surface area (Å²) in [5.41, 5.74) is 1.94. The maximum absolute atomic E-state index is 13.5. The van der Waals surface area contributed by atoms with Crippen LogP contribution in [0.4, 0.5) is 0 Å². The van der Waals surface area contributed by atoms with E-state index in [2.05, 4.69) is 33.9 Å². The van der Waals surface area contributed by atoms with Crippen LogP contribution in [0.15, 0.2) is 59.4 Å². The molecule has 1 unspecified atom stereocenters. The molecule has 1 aliphatic carbocycles. The fourth-order valence-electron chi connectivity index (χ4n) is 5.18. The van der Waals surface area contributed by atoms with Crippen LogP contribution in [0, 0.1) is 5.92 Å². The number of phenolic OH excluding ortho intramolecular Hbond substituents is 1. The van der Waals surface area contributed by atoms with E-state index >= 15 is 0 Å².